The summed E-state index contributed by atoms with van der Waals surface area (Å²) in [4.78, 5) is 12.4. The Bertz CT molecular complexity index is 994. The summed E-state index contributed by atoms with van der Waals surface area (Å²) in [7, 11) is 0. The topological polar surface area (TPSA) is 59.6 Å². The van der Waals surface area contributed by atoms with Crippen molar-refractivity contribution < 1.29 is 27.4 Å². The van der Waals surface area contributed by atoms with E-state index in [1.54, 1.807) is 0 Å². The molecule has 0 radical (unpaired) electrons. The van der Waals surface area contributed by atoms with Crippen molar-refractivity contribution in [3.63, 3.8) is 0 Å². The number of hydrogen-bond donors (Lipinski definition) is 2. The van der Waals surface area contributed by atoms with Crippen LogP contribution in [0.5, 0.6) is 11.5 Å². The Morgan fingerprint density at radius 3 is 1.75 bits per heavy atom. The van der Waals surface area contributed by atoms with Gasteiger partial charge in [0, 0.05) is 12.5 Å². The Morgan fingerprint density at radius 1 is 0.812 bits per heavy atom. The lowest BCUT2D eigenvalue weighted by Crippen LogP contribution is -2.66. The molecule has 8 heteroatoms. The maximum absolute atomic E-state index is 13.7. The number of halogens is 3. The van der Waals surface area contributed by atoms with E-state index in [2.05, 4.69) is 5.32 Å². The Hall–Kier alpha value is -3.68. The van der Waals surface area contributed by atoms with Crippen LogP contribution >= 0.6 is 0 Å². The van der Waals surface area contributed by atoms with Crippen LogP contribution in [0.4, 0.5) is 18.0 Å². The summed E-state index contributed by atoms with van der Waals surface area (Å²) >= 11 is 0. The Kier molecular flexibility index (Phi) is 5.94. The van der Waals surface area contributed by atoms with Crippen LogP contribution in [-0.2, 0) is 0 Å². The van der Waals surface area contributed by atoms with E-state index in [9.17, 15) is 18.0 Å². The molecule has 3 aromatic rings. The summed E-state index contributed by atoms with van der Waals surface area (Å²) in [6.45, 7) is 0.140. The number of carbonyl (C=O) groups is 1. The summed E-state index contributed by atoms with van der Waals surface area (Å²) in [6, 6.07) is 24.1. The number of carbonyl (C=O) groups excluding carboxylic acids is 1. The van der Waals surface area contributed by atoms with Crippen molar-refractivity contribution in [3.8, 4) is 11.5 Å². The highest BCUT2D eigenvalue weighted by atomic mass is 19.4. The van der Waals surface area contributed by atoms with Crippen molar-refractivity contribution >= 4 is 6.03 Å². The number of para-hydroxylation sites is 2. The molecule has 4 rings (SSSR count). The Morgan fingerprint density at radius 2 is 1.28 bits per heavy atom. The van der Waals surface area contributed by atoms with E-state index in [-0.39, 0.29) is 24.0 Å². The van der Waals surface area contributed by atoms with Gasteiger partial charge in [-0.2, -0.15) is 13.2 Å². The zero-order chi connectivity index (χ0) is 22.6. The fraction of sp³-hybridized carbons (Fsp3) is 0.208. The van der Waals surface area contributed by atoms with Crippen molar-refractivity contribution in [1.82, 2.24) is 10.6 Å². The van der Waals surface area contributed by atoms with Gasteiger partial charge in [-0.15, -0.1) is 0 Å². The summed E-state index contributed by atoms with van der Waals surface area (Å²) in [6.07, 6.45) is -4.51. The van der Waals surface area contributed by atoms with Crippen LogP contribution in [0, 0.1) is 0 Å². The number of alkyl halides is 3. The predicted molar refractivity (Wildman–Crippen MR) is 112 cm³/mol. The van der Waals surface area contributed by atoms with Crippen molar-refractivity contribution in [1.29, 1.82) is 0 Å². The van der Waals surface area contributed by atoms with Gasteiger partial charge in [0.25, 0.3) is 0 Å². The average molecular weight is 442 g/mol. The minimum atomic E-state index is -5.00. The first-order valence-corrected chi connectivity index (χ1v) is 10.1. The van der Waals surface area contributed by atoms with Gasteiger partial charge in [0.1, 0.15) is 0 Å². The number of ether oxygens (including phenoxy) is 2. The maximum atomic E-state index is 13.7. The molecule has 1 aliphatic heterocycles. The van der Waals surface area contributed by atoms with Crippen molar-refractivity contribution in [3.05, 3.63) is 96.1 Å². The molecule has 0 fully saturated rings. The zero-order valence-electron chi connectivity index (χ0n) is 16.9. The highest BCUT2D eigenvalue weighted by Gasteiger charge is 2.65. The molecule has 0 aliphatic carbocycles. The molecule has 0 unspecified atom stereocenters. The molecule has 0 atom stereocenters. The van der Waals surface area contributed by atoms with Crippen molar-refractivity contribution in [2.75, 3.05) is 6.54 Å². The number of hydrogen-bond acceptors (Lipinski definition) is 3. The van der Waals surface area contributed by atoms with Crippen LogP contribution in [0.15, 0.2) is 84.9 Å². The fourth-order valence-electron chi connectivity index (χ4n) is 3.61. The molecule has 0 spiro atoms. The lowest BCUT2D eigenvalue weighted by molar-refractivity contribution is -0.317. The lowest BCUT2D eigenvalue weighted by atomic mass is 9.88. The van der Waals surface area contributed by atoms with Gasteiger partial charge >= 0.3 is 18.1 Å². The van der Waals surface area contributed by atoms with E-state index < -0.39 is 18.1 Å². The smallest absolute Gasteiger partial charge is 0.424 e. The van der Waals surface area contributed by atoms with E-state index in [0.29, 0.717) is 6.42 Å². The first kappa shape index (κ1) is 21.5. The molecule has 0 saturated heterocycles. The molecule has 0 aromatic heterocycles. The van der Waals surface area contributed by atoms with Gasteiger partial charge in [0.05, 0.1) is 0 Å². The fourth-order valence-corrected chi connectivity index (χ4v) is 3.61. The number of benzene rings is 3. The van der Waals surface area contributed by atoms with Crippen LogP contribution in [0.25, 0.3) is 0 Å². The standard InChI is InChI=1S/C24H21F3N2O3/c25-23(26,27)24(31-20-13-7-8-14-21(20)32-24)29-22(30)28-16-15-19(17-9-3-1-4-10-17)18-11-5-2-6-12-18/h1-14,19H,15-16H2,(H2,28,29,30). The highest BCUT2D eigenvalue weighted by Crippen LogP contribution is 2.44. The van der Waals surface area contributed by atoms with Gasteiger partial charge in [0.2, 0.25) is 0 Å². The molecule has 2 amide bonds. The van der Waals surface area contributed by atoms with Gasteiger partial charge < -0.3 is 14.8 Å². The van der Waals surface area contributed by atoms with E-state index in [1.807, 2.05) is 66.0 Å². The van der Waals surface area contributed by atoms with Crippen LogP contribution in [0.3, 0.4) is 0 Å². The number of amides is 2. The van der Waals surface area contributed by atoms with Gasteiger partial charge in [-0.1, -0.05) is 72.8 Å². The van der Waals surface area contributed by atoms with Crippen LogP contribution in [0.2, 0.25) is 0 Å². The zero-order valence-corrected chi connectivity index (χ0v) is 16.9. The first-order chi connectivity index (χ1) is 15.4. The Labute approximate surface area is 183 Å². The predicted octanol–water partition coefficient (Wildman–Crippen LogP) is 5.20. The second kappa shape index (κ2) is 8.82. The van der Waals surface area contributed by atoms with Crippen molar-refractivity contribution in [2.45, 2.75) is 24.4 Å². The van der Waals surface area contributed by atoms with E-state index >= 15 is 0 Å². The highest BCUT2D eigenvalue weighted by molar-refractivity contribution is 5.74. The summed E-state index contributed by atoms with van der Waals surface area (Å²) in [5, 5.41) is 4.31. The van der Waals surface area contributed by atoms with Gasteiger partial charge in [-0.05, 0) is 29.7 Å². The number of rotatable bonds is 6. The van der Waals surface area contributed by atoms with E-state index in [4.69, 9.17) is 9.47 Å². The minimum absolute atomic E-state index is 0.0301. The summed E-state index contributed by atoms with van der Waals surface area (Å²) in [5.74, 6) is -3.51. The summed E-state index contributed by atoms with van der Waals surface area (Å²) < 4.78 is 51.2. The lowest BCUT2D eigenvalue weighted by Gasteiger charge is -2.29. The minimum Gasteiger partial charge on any atom is -0.424 e. The number of nitrogens with one attached hydrogen (secondary N) is 2. The third-order valence-corrected chi connectivity index (χ3v) is 5.13. The molecule has 0 saturated carbocycles. The van der Waals surface area contributed by atoms with Crippen LogP contribution in [-0.4, -0.2) is 24.7 Å². The third-order valence-electron chi connectivity index (χ3n) is 5.13. The molecule has 166 valence electrons. The first-order valence-electron chi connectivity index (χ1n) is 10.1. The monoisotopic (exact) mass is 442 g/mol. The largest absolute Gasteiger partial charge is 0.492 e. The SMILES string of the molecule is O=C(NCCC(c1ccccc1)c1ccccc1)NC1(C(F)(F)F)Oc2ccccc2O1. The maximum Gasteiger partial charge on any atom is 0.492 e. The van der Waals surface area contributed by atoms with E-state index in [1.165, 1.54) is 24.3 Å². The average Bonchev–Trinajstić information content (AvgIpc) is 3.17. The normalized spacial score (nSPS) is 14.2. The van der Waals surface area contributed by atoms with Crippen LogP contribution < -0.4 is 20.1 Å². The molecular formula is C24H21F3N2O3. The van der Waals surface area contributed by atoms with Gasteiger partial charge in [0.15, 0.2) is 11.5 Å². The quantitative estimate of drug-likeness (QED) is 0.552. The Balaban J connectivity index is 1.42. The van der Waals surface area contributed by atoms with Crippen LogP contribution in [0.1, 0.15) is 23.5 Å². The molecule has 5 nitrogen and oxygen atoms in total. The van der Waals surface area contributed by atoms with Gasteiger partial charge in [-0.25, -0.2) is 4.79 Å². The second-order valence-corrected chi connectivity index (χ2v) is 7.31. The molecule has 3 aromatic carbocycles. The van der Waals surface area contributed by atoms with Crippen molar-refractivity contribution in [2.24, 2.45) is 0 Å². The molecule has 1 aliphatic rings. The molecule has 2 N–H and O–H groups in total. The summed E-state index contributed by atoms with van der Waals surface area (Å²) in [5.41, 5.74) is 2.09. The third kappa shape index (κ3) is 4.49. The molecule has 32 heavy (non-hydrogen) atoms. The number of urea groups is 1. The molecule has 0 bridgehead atoms. The molecular weight excluding hydrogens is 421 g/mol. The van der Waals surface area contributed by atoms with E-state index in [0.717, 1.165) is 11.1 Å². The second-order valence-electron chi connectivity index (χ2n) is 7.31. The van der Waals surface area contributed by atoms with Gasteiger partial charge in [-0.3, -0.25) is 5.32 Å². The molecule has 1 heterocycles. The number of fused-ring (bicyclic) bond motifs is 1.